The van der Waals surface area contributed by atoms with Gasteiger partial charge in [0.1, 0.15) is 23.0 Å². The molecule has 0 radical (unpaired) electrons. The average molecular weight is 398 g/mol. The highest BCUT2D eigenvalue weighted by molar-refractivity contribution is 5.63. The van der Waals surface area contributed by atoms with Gasteiger partial charge < -0.3 is 20.9 Å². The summed E-state index contributed by atoms with van der Waals surface area (Å²) in [6, 6.07) is 29.5. The van der Waals surface area contributed by atoms with E-state index in [-0.39, 0.29) is 0 Å². The summed E-state index contributed by atoms with van der Waals surface area (Å²) in [5.74, 6) is 9.14. The van der Waals surface area contributed by atoms with Gasteiger partial charge in [-0.15, -0.1) is 0 Å². The molecule has 0 saturated heterocycles. The molecular weight excluding hydrogens is 376 g/mol. The lowest BCUT2D eigenvalue weighted by atomic mass is 10.2. The maximum Gasteiger partial charge on any atom is 0.127 e. The Balaban J connectivity index is 1.41. The Morgan fingerprint density at radius 3 is 1.00 bits per heavy atom. The Morgan fingerprint density at radius 2 is 0.700 bits per heavy atom. The molecule has 0 aromatic heterocycles. The predicted molar refractivity (Wildman–Crippen MR) is 121 cm³/mol. The number of nitrogens with two attached hydrogens (primary N) is 3. The van der Waals surface area contributed by atoms with Gasteiger partial charge in [-0.05, 0) is 97.1 Å². The van der Waals surface area contributed by atoms with Gasteiger partial charge in [-0.1, -0.05) is 0 Å². The van der Waals surface area contributed by atoms with E-state index in [1.54, 1.807) is 29.3 Å². The van der Waals surface area contributed by atoms with Gasteiger partial charge >= 0.3 is 0 Å². The van der Waals surface area contributed by atoms with Crippen molar-refractivity contribution in [2.24, 2.45) is 5.84 Å². The van der Waals surface area contributed by atoms with Crippen LogP contribution in [0.4, 0.5) is 22.7 Å². The first kappa shape index (κ1) is 19.2. The monoisotopic (exact) mass is 398 g/mol. The molecule has 0 aliphatic rings. The topological polar surface area (TPSA) is 99.8 Å². The molecule has 4 rings (SSSR count). The Kier molecular flexibility index (Phi) is 5.41. The van der Waals surface area contributed by atoms with Gasteiger partial charge in [-0.25, -0.2) is 5.84 Å². The highest BCUT2D eigenvalue weighted by atomic mass is 16.5. The second-order valence-electron chi connectivity index (χ2n) is 6.70. The molecule has 150 valence electrons. The number of hydrogen-bond acceptors (Lipinski definition) is 6. The molecule has 6 nitrogen and oxygen atoms in total. The Labute approximate surface area is 175 Å². The SMILES string of the molecule is Nc1ccc(Oc2ccc(N(N)c3ccc(Oc4ccc(N)cc4)cc3)cc2)cc1. The summed E-state index contributed by atoms with van der Waals surface area (Å²) in [4.78, 5) is 0. The fourth-order valence-electron chi connectivity index (χ4n) is 2.84. The molecule has 0 spiro atoms. The van der Waals surface area contributed by atoms with Gasteiger partial charge in [-0.2, -0.15) is 0 Å². The summed E-state index contributed by atoms with van der Waals surface area (Å²) in [5, 5.41) is 1.60. The van der Waals surface area contributed by atoms with Crippen LogP contribution in [0.5, 0.6) is 23.0 Å². The van der Waals surface area contributed by atoms with Crippen LogP contribution in [0.1, 0.15) is 0 Å². The van der Waals surface area contributed by atoms with Crippen molar-refractivity contribution in [2.75, 3.05) is 16.5 Å². The lowest BCUT2D eigenvalue weighted by Crippen LogP contribution is -2.24. The summed E-state index contributed by atoms with van der Waals surface area (Å²) in [6.07, 6.45) is 0. The van der Waals surface area contributed by atoms with Crippen molar-refractivity contribution >= 4 is 22.7 Å². The first-order valence-corrected chi connectivity index (χ1v) is 9.38. The lowest BCUT2D eigenvalue weighted by molar-refractivity contribution is 0.482. The van der Waals surface area contributed by atoms with Crippen LogP contribution in [-0.4, -0.2) is 0 Å². The minimum Gasteiger partial charge on any atom is -0.457 e. The van der Waals surface area contributed by atoms with Crippen molar-refractivity contribution in [3.8, 4) is 23.0 Å². The number of hydrogen-bond donors (Lipinski definition) is 3. The first-order chi connectivity index (χ1) is 14.6. The van der Waals surface area contributed by atoms with Crippen LogP contribution in [-0.2, 0) is 0 Å². The molecule has 0 atom stereocenters. The highest BCUT2D eigenvalue weighted by Gasteiger charge is 2.07. The first-order valence-electron chi connectivity index (χ1n) is 9.38. The molecule has 0 heterocycles. The van der Waals surface area contributed by atoms with Crippen molar-refractivity contribution in [3.63, 3.8) is 0 Å². The molecule has 4 aromatic carbocycles. The molecule has 30 heavy (non-hydrogen) atoms. The number of ether oxygens (including phenoxy) is 2. The zero-order valence-electron chi connectivity index (χ0n) is 16.2. The summed E-state index contributed by atoms with van der Waals surface area (Å²) in [5.41, 5.74) is 14.4. The summed E-state index contributed by atoms with van der Waals surface area (Å²) in [6.45, 7) is 0. The third-order valence-electron chi connectivity index (χ3n) is 4.46. The van der Waals surface area contributed by atoms with Crippen LogP contribution in [0.3, 0.4) is 0 Å². The van der Waals surface area contributed by atoms with Crippen molar-refractivity contribution < 1.29 is 9.47 Å². The maximum atomic E-state index is 6.28. The Hall–Kier alpha value is -4.16. The van der Waals surface area contributed by atoms with Gasteiger partial charge in [0.15, 0.2) is 0 Å². The van der Waals surface area contributed by atoms with E-state index in [4.69, 9.17) is 26.8 Å². The Bertz CT molecular complexity index is 1000. The molecule has 0 bridgehead atoms. The number of nitrogens with zero attached hydrogens (tertiary/aromatic N) is 1. The minimum atomic E-state index is 0.696. The smallest absolute Gasteiger partial charge is 0.127 e. The van der Waals surface area contributed by atoms with E-state index >= 15 is 0 Å². The number of nitrogen functional groups attached to an aromatic ring is 2. The van der Waals surface area contributed by atoms with Gasteiger partial charge in [-0.3, -0.25) is 5.01 Å². The van der Waals surface area contributed by atoms with Crippen LogP contribution in [0.15, 0.2) is 97.1 Å². The number of rotatable bonds is 6. The third kappa shape index (κ3) is 4.63. The van der Waals surface area contributed by atoms with Crippen LogP contribution in [0, 0.1) is 0 Å². The molecule has 4 aromatic rings. The molecule has 0 aliphatic heterocycles. The zero-order valence-corrected chi connectivity index (χ0v) is 16.2. The van der Waals surface area contributed by atoms with E-state index < -0.39 is 0 Å². The lowest BCUT2D eigenvalue weighted by Gasteiger charge is -2.19. The van der Waals surface area contributed by atoms with Gasteiger partial charge in [0, 0.05) is 11.4 Å². The van der Waals surface area contributed by atoms with E-state index in [2.05, 4.69) is 0 Å². The third-order valence-corrected chi connectivity index (χ3v) is 4.46. The maximum absolute atomic E-state index is 6.28. The zero-order chi connectivity index (χ0) is 20.9. The number of anilines is 4. The summed E-state index contributed by atoms with van der Waals surface area (Å²) < 4.78 is 11.6. The highest BCUT2D eigenvalue weighted by Crippen LogP contribution is 2.29. The van der Waals surface area contributed by atoms with Crippen LogP contribution in [0.2, 0.25) is 0 Å². The van der Waals surface area contributed by atoms with E-state index in [9.17, 15) is 0 Å². The van der Waals surface area contributed by atoms with Gasteiger partial charge in [0.05, 0.1) is 11.4 Å². The van der Waals surface area contributed by atoms with E-state index in [1.807, 2.05) is 72.8 Å². The molecule has 0 amide bonds. The molecule has 0 saturated carbocycles. The normalized spacial score (nSPS) is 10.4. The standard InChI is InChI=1S/C24H22N4O2/c25-17-1-9-21(10-2-17)29-23-13-5-19(6-14-23)28(27)20-7-15-24(16-8-20)30-22-11-3-18(26)4-12-22/h1-16H,25-27H2. The molecule has 6 heteroatoms. The van der Waals surface area contributed by atoms with E-state index in [0.29, 0.717) is 22.9 Å². The van der Waals surface area contributed by atoms with E-state index in [1.165, 1.54) is 0 Å². The van der Waals surface area contributed by atoms with E-state index in [0.717, 1.165) is 22.9 Å². The molecule has 0 unspecified atom stereocenters. The second kappa shape index (κ2) is 8.46. The largest absolute Gasteiger partial charge is 0.457 e. The molecule has 0 fully saturated rings. The Morgan fingerprint density at radius 1 is 0.433 bits per heavy atom. The molecular formula is C24H22N4O2. The average Bonchev–Trinajstić information content (AvgIpc) is 2.77. The summed E-state index contributed by atoms with van der Waals surface area (Å²) in [7, 11) is 0. The second-order valence-corrected chi connectivity index (χ2v) is 6.70. The van der Waals surface area contributed by atoms with Gasteiger partial charge in [0.2, 0.25) is 0 Å². The van der Waals surface area contributed by atoms with Crippen LogP contribution in [0.25, 0.3) is 0 Å². The quantitative estimate of drug-likeness (QED) is 0.227. The van der Waals surface area contributed by atoms with Gasteiger partial charge in [0.25, 0.3) is 0 Å². The summed E-state index contributed by atoms with van der Waals surface area (Å²) >= 11 is 0. The van der Waals surface area contributed by atoms with Crippen molar-refractivity contribution in [2.45, 2.75) is 0 Å². The predicted octanol–water partition coefficient (Wildman–Crippen LogP) is 5.45. The fraction of sp³-hybridized carbons (Fsp3) is 0. The number of hydrazine groups is 1. The molecule has 6 N–H and O–H groups in total. The molecule has 0 aliphatic carbocycles. The fourth-order valence-corrected chi connectivity index (χ4v) is 2.84. The minimum absolute atomic E-state index is 0.696. The van der Waals surface area contributed by atoms with Crippen LogP contribution < -0.4 is 31.8 Å². The van der Waals surface area contributed by atoms with Crippen molar-refractivity contribution in [1.82, 2.24) is 0 Å². The number of benzene rings is 4. The van der Waals surface area contributed by atoms with Crippen molar-refractivity contribution in [3.05, 3.63) is 97.1 Å². The van der Waals surface area contributed by atoms with Crippen LogP contribution >= 0.6 is 0 Å². The van der Waals surface area contributed by atoms with Crippen molar-refractivity contribution in [1.29, 1.82) is 0 Å².